The summed E-state index contributed by atoms with van der Waals surface area (Å²) in [6, 6.07) is 8.13. The topological polar surface area (TPSA) is 181 Å². The van der Waals surface area contributed by atoms with E-state index in [1.54, 1.807) is 18.2 Å². The van der Waals surface area contributed by atoms with E-state index in [4.69, 9.17) is 15.2 Å². The Balaban J connectivity index is 1.45. The summed E-state index contributed by atoms with van der Waals surface area (Å²) in [4.78, 5) is 32.2. The van der Waals surface area contributed by atoms with Crippen LogP contribution >= 0.6 is 11.3 Å². The number of rotatable bonds is 13. The molecule has 0 saturated carbocycles. The van der Waals surface area contributed by atoms with E-state index in [0.29, 0.717) is 23.8 Å². The first-order valence-corrected chi connectivity index (χ1v) is 15.5. The predicted octanol–water partition coefficient (Wildman–Crippen LogP) is -0.302. The van der Waals surface area contributed by atoms with E-state index in [0.717, 1.165) is 52.1 Å². The van der Waals surface area contributed by atoms with Gasteiger partial charge in [0.2, 0.25) is 12.2 Å². The summed E-state index contributed by atoms with van der Waals surface area (Å²) in [5, 5.41) is 45.7. The second-order valence-corrected chi connectivity index (χ2v) is 11.7. The summed E-state index contributed by atoms with van der Waals surface area (Å²) in [6.45, 7) is 7.78. The quantitative estimate of drug-likeness (QED) is 0.162. The van der Waals surface area contributed by atoms with Gasteiger partial charge in [-0.05, 0) is 62.1 Å². The highest BCUT2D eigenvalue weighted by molar-refractivity contribution is 7.14. The van der Waals surface area contributed by atoms with E-state index in [9.17, 15) is 30.0 Å². The van der Waals surface area contributed by atoms with Crippen molar-refractivity contribution in [3.05, 3.63) is 41.3 Å². The average Bonchev–Trinajstić information content (AvgIpc) is 3.53. The maximum atomic E-state index is 13.3. The monoisotopic (exact) mass is 621 g/mol. The molecule has 2 saturated heterocycles. The highest BCUT2D eigenvalue weighted by atomic mass is 32.1. The number of aliphatic hydroxyl groups excluding tert-OH is 4. The van der Waals surface area contributed by atoms with Gasteiger partial charge in [-0.25, -0.2) is 0 Å². The number of amides is 2. The van der Waals surface area contributed by atoms with Crippen LogP contribution in [0.15, 0.2) is 35.7 Å². The van der Waals surface area contributed by atoms with Crippen molar-refractivity contribution >= 4 is 33.8 Å². The van der Waals surface area contributed by atoms with Crippen molar-refractivity contribution in [2.75, 3.05) is 63.9 Å². The smallest absolute Gasteiger partial charge is 0.251 e. The molecule has 1 aromatic carbocycles. The first kappa shape index (κ1) is 33.2. The van der Waals surface area contributed by atoms with Crippen molar-refractivity contribution in [2.45, 2.75) is 50.5 Å². The van der Waals surface area contributed by atoms with Crippen LogP contribution in [0.3, 0.4) is 0 Å². The van der Waals surface area contributed by atoms with Crippen LogP contribution in [0.1, 0.15) is 30.1 Å². The van der Waals surface area contributed by atoms with Gasteiger partial charge in [-0.1, -0.05) is 0 Å². The number of carbonyl (C=O) groups excluding carboxylic acids is 2. The van der Waals surface area contributed by atoms with Gasteiger partial charge in [-0.2, -0.15) is 0 Å². The molecule has 13 nitrogen and oxygen atoms in total. The molecule has 5 unspecified atom stereocenters. The summed E-state index contributed by atoms with van der Waals surface area (Å²) in [7, 11) is 0. The second-order valence-electron chi connectivity index (χ2n) is 10.8. The third-order valence-electron chi connectivity index (χ3n) is 7.63. The number of piperazine rings is 1. The summed E-state index contributed by atoms with van der Waals surface area (Å²) >= 11 is 1.35. The van der Waals surface area contributed by atoms with Crippen molar-refractivity contribution in [2.24, 2.45) is 5.73 Å². The van der Waals surface area contributed by atoms with Crippen molar-refractivity contribution in [1.82, 2.24) is 15.1 Å². The zero-order valence-electron chi connectivity index (χ0n) is 24.4. The predicted molar refractivity (Wildman–Crippen MR) is 161 cm³/mol. The van der Waals surface area contributed by atoms with Gasteiger partial charge in [0, 0.05) is 51.3 Å². The minimum Gasteiger partial charge on any atom is -0.462 e. The highest BCUT2D eigenvalue weighted by Crippen LogP contribution is 2.34. The first-order valence-electron chi connectivity index (χ1n) is 14.6. The SMILES string of the molecule is CC(=O)N(c1cc(OC2OC(CO)C(O)C(O)C2O)cc(C(=O)NCCCN2CCN(CCCN)CC2)c1)c1cccs1. The molecule has 43 heavy (non-hydrogen) atoms. The molecule has 2 fully saturated rings. The number of nitrogens with two attached hydrogens (primary N) is 1. The lowest BCUT2D eigenvalue weighted by Crippen LogP contribution is -2.60. The van der Waals surface area contributed by atoms with Crippen molar-refractivity contribution in [1.29, 1.82) is 0 Å². The molecule has 0 spiro atoms. The van der Waals surface area contributed by atoms with Crippen LogP contribution in [-0.4, -0.2) is 132 Å². The second kappa shape index (κ2) is 15.9. The molecule has 2 aliphatic rings. The number of benzene rings is 1. The molecule has 0 aliphatic carbocycles. The molecule has 7 N–H and O–H groups in total. The van der Waals surface area contributed by atoms with Gasteiger partial charge in [0.1, 0.15) is 35.2 Å². The number of aliphatic hydroxyl groups is 4. The van der Waals surface area contributed by atoms with Crippen molar-refractivity contribution in [3.8, 4) is 5.75 Å². The van der Waals surface area contributed by atoms with Crippen molar-refractivity contribution < 1.29 is 39.5 Å². The van der Waals surface area contributed by atoms with Crippen molar-refractivity contribution in [3.63, 3.8) is 0 Å². The molecule has 4 rings (SSSR count). The Morgan fingerprint density at radius 3 is 2.37 bits per heavy atom. The fourth-order valence-electron chi connectivity index (χ4n) is 5.23. The minimum absolute atomic E-state index is 0.0855. The Morgan fingerprint density at radius 1 is 1.07 bits per heavy atom. The van der Waals surface area contributed by atoms with Gasteiger partial charge in [0.05, 0.1) is 12.3 Å². The van der Waals surface area contributed by atoms with Crippen LogP contribution in [-0.2, 0) is 9.53 Å². The highest BCUT2D eigenvalue weighted by Gasteiger charge is 2.44. The van der Waals surface area contributed by atoms with Crippen LogP contribution in [0.4, 0.5) is 10.7 Å². The minimum atomic E-state index is -1.64. The molecule has 0 bridgehead atoms. The van der Waals surface area contributed by atoms with Crippen LogP contribution in [0.5, 0.6) is 5.75 Å². The summed E-state index contributed by atoms with van der Waals surface area (Å²) in [5.74, 6) is -0.578. The Labute approximate surface area is 255 Å². The molecule has 2 aliphatic heterocycles. The van der Waals surface area contributed by atoms with Gasteiger partial charge >= 0.3 is 0 Å². The summed E-state index contributed by atoms with van der Waals surface area (Å²) in [5.41, 5.74) is 6.19. The number of thiophene rings is 1. The molecule has 0 radical (unpaired) electrons. The molecule has 2 amide bonds. The van der Waals surface area contributed by atoms with Gasteiger partial charge in [0.15, 0.2) is 0 Å². The van der Waals surface area contributed by atoms with Gasteiger partial charge < -0.3 is 50.8 Å². The summed E-state index contributed by atoms with van der Waals surface area (Å²) in [6.07, 6.45) is -5.66. The first-order chi connectivity index (χ1) is 20.7. The zero-order chi connectivity index (χ0) is 30.9. The lowest BCUT2D eigenvalue weighted by molar-refractivity contribution is -0.277. The fourth-order valence-corrected chi connectivity index (χ4v) is 6.02. The average molecular weight is 622 g/mol. The number of ether oxygens (including phenoxy) is 2. The molecule has 5 atom stereocenters. The van der Waals surface area contributed by atoms with E-state index in [1.807, 2.05) is 5.38 Å². The van der Waals surface area contributed by atoms with Crippen LogP contribution < -0.4 is 20.7 Å². The largest absolute Gasteiger partial charge is 0.462 e. The van der Waals surface area contributed by atoms with Gasteiger partial charge in [-0.15, -0.1) is 11.3 Å². The molecule has 14 heteroatoms. The van der Waals surface area contributed by atoms with E-state index >= 15 is 0 Å². The van der Waals surface area contributed by atoms with Crippen LogP contribution in [0.2, 0.25) is 0 Å². The van der Waals surface area contributed by atoms with Crippen LogP contribution in [0.25, 0.3) is 0 Å². The molecule has 1 aromatic heterocycles. The third kappa shape index (κ3) is 8.71. The van der Waals surface area contributed by atoms with Gasteiger partial charge in [-0.3, -0.25) is 14.5 Å². The molecular formula is C29H43N5O8S. The van der Waals surface area contributed by atoms with E-state index in [1.165, 1.54) is 35.3 Å². The fraction of sp³-hybridized carbons (Fsp3) is 0.586. The van der Waals surface area contributed by atoms with Gasteiger partial charge in [0.25, 0.3) is 5.91 Å². The number of nitrogens with one attached hydrogen (secondary N) is 1. The Hall–Kier alpha value is -2.66. The number of hydrogen-bond donors (Lipinski definition) is 6. The standard InChI is InChI=1S/C29H43N5O8S/c1-19(36)34(24-5-2-14-43-24)21-15-20(16-22(17-21)41-29-27(39)26(38)25(37)23(18-35)42-29)28(40)31-7-4-9-33-12-10-32(11-13-33)8-3-6-30/h2,5,14-17,23,25-27,29,35,37-39H,3-4,6-13,18,30H2,1H3,(H,31,40). The maximum Gasteiger partial charge on any atom is 0.251 e. The number of nitrogens with zero attached hydrogens (tertiary/aromatic N) is 3. The lowest BCUT2D eigenvalue weighted by Gasteiger charge is -2.39. The lowest BCUT2D eigenvalue weighted by atomic mass is 9.99. The Bertz CT molecular complexity index is 1180. The molecule has 238 valence electrons. The van der Waals surface area contributed by atoms with E-state index in [-0.39, 0.29) is 23.1 Å². The number of anilines is 2. The van der Waals surface area contributed by atoms with E-state index < -0.39 is 37.3 Å². The normalized spacial score (nSPS) is 24.9. The Morgan fingerprint density at radius 2 is 1.77 bits per heavy atom. The maximum absolute atomic E-state index is 13.3. The third-order valence-corrected chi connectivity index (χ3v) is 8.49. The molecule has 3 heterocycles. The molecule has 2 aromatic rings. The van der Waals surface area contributed by atoms with E-state index in [2.05, 4.69) is 15.1 Å². The van der Waals surface area contributed by atoms with Crippen LogP contribution in [0, 0.1) is 0 Å². The molecular weight excluding hydrogens is 578 g/mol. The summed E-state index contributed by atoms with van der Waals surface area (Å²) < 4.78 is 11.3. The zero-order valence-corrected chi connectivity index (χ0v) is 25.2. The number of carbonyl (C=O) groups is 2. The Kier molecular flexibility index (Phi) is 12.3. The number of hydrogen-bond acceptors (Lipinski definition) is 12.